The first-order valence-electron chi connectivity index (χ1n) is 12.4. The molecule has 0 atom stereocenters. The lowest BCUT2D eigenvalue weighted by Gasteiger charge is -2.36. The lowest BCUT2D eigenvalue weighted by molar-refractivity contribution is 0.164. The van der Waals surface area contributed by atoms with Crippen LogP contribution < -0.4 is 10.6 Å². The van der Waals surface area contributed by atoms with Crippen LogP contribution in [0.5, 0.6) is 0 Å². The van der Waals surface area contributed by atoms with Gasteiger partial charge in [-0.05, 0) is 62.4 Å². The highest BCUT2D eigenvalue weighted by atomic mass is 35.5. The molecule has 2 N–H and O–H groups in total. The molecule has 6 heteroatoms. The maximum absolute atomic E-state index is 3.70. The number of nitrogens with one attached hydrogen (secondary N) is 2. The topological polar surface area (TPSA) is 24.1 Å². The zero-order valence-corrected chi connectivity index (χ0v) is 23.0. The summed E-state index contributed by atoms with van der Waals surface area (Å²) in [5.74, 6) is 2.48. The van der Waals surface area contributed by atoms with Gasteiger partial charge in [0, 0.05) is 24.6 Å². The monoisotopic (exact) mass is 500 g/mol. The second-order valence-electron chi connectivity index (χ2n) is 9.47. The normalized spacial score (nSPS) is 20.2. The minimum absolute atomic E-state index is 0. The van der Waals surface area contributed by atoms with Gasteiger partial charge in [0.2, 0.25) is 0 Å². The molecule has 0 unspecified atom stereocenters. The van der Waals surface area contributed by atoms with E-state index < -0.39 is 0 Å². The summed E-state index contributed by atoms with van der Waals surface area (Å²) in [5.41, 5.74) is 1.35. The van der Waals surface area contributed by atoms with Crippen LogP contribution in [0.4, 0.5) is 0 Å². The van der Waals surface area contributed by atoms with Gasteiger partial charge in [0.25, 0.3) is 0 Å². The van der Waals surface area contributed by atoms with Gasteiger partial charge in [-0.1, -0.05) is 86.8 Å². The molecule has 2 aliphatic rings. The Morgan fingerprint density at radius 2 is 0.933 bits per heavy atom. The number of rotatable bonds is 15. The van der Waals surface area contributed by atoms with Crippen molar-refractivity contribution < 1.29 is 0 Å². The van der Waals surface area contributed by atoms with E-state index in [2.05, 4.69) is 24.5 Å². The van der Waals surface area contributed by atoms with Gasteiger partial charge in [-0.3, -0.25) is 0 Å². The molecule has 2 fully saturated rings. The average Bonchev–Trinajstić information content (AvgIpc) is 2.76. The van der Waals surface area contributed by atoms with E-state index in [1.807, 2.05) is 21.6 Å². The number of halogens is 2. The van der Waals surface area contributed by atoms with Crippen molar-refractivity contribution in [3.63, 3.8) is 0 Å². The fourth-order valence-corrected chi connectivity index (χ4v) is 7.36. The van der Waals surface area contributed by atoms with E-state index in [-0.39, 0.29) is 24.8 Å². The van der Waals surface area contributed by atoms with Crippen molar-refractivity contribution >= 4 is 46.4 Å². The van der Waals surface area contributed by atoms with Crippen LogP contribution in [-0.4, -0.2) is 37.7 Å². The molecule has 0 amide bonds. The molecule has 0 bridgehead atoms. The van der Waals surface area contributed by atoms with E-state index in [1.54, 1.807) is 0 Å². The van der Waals surface area contributed by atoms with Crippen LogP contribution in [0.15, 0.2) is 0 Å². The first-order valence-corrected chi connectivity index (χ1v) is 14.9. The van der Waals surface area contributed by atoms with E-state index in [9.17, 15) is 0 Å². The minimum atomic E-state index is 0. The summed E-state index contributed by atoms with van der Waals surface area (Å²) >= 11 is 0. The zero-order valence-electron chi connectivity index (χ0n) is 19.8. The molecule has 0 saturated heterocycles. The van der Waals surface area contributed by atoms with Crippen LogP contribution in [0.25, 0.3) is 0 Å². The molecule has 182 valence electrons. The standard InChI is InChI=1S/C24H48N2S2.2ClH/c1-3-23(11-7-5-8-12-23)15-17-25-19-21-27-28-22-20-26-18-16-24(4-2)13-9-6-10-14-24;;/h25-26H,3-22H2,1-2H3;2*1H. The minimum Gasteiger partial charge on any atom is -0.316 e. The zero-order chi connectivity index (χ0) is 20.0. The van der Waals surface area contributed by atoms with Gasteiger partial charge in [-0.2, -0.15) is 0 Å². The second kappa shape index (κ2) is 18.6. The summed E-state index contributed by atoms with van der Waals surface area (Å²) in [7, 11) is 4.10. The van der Waals surface area contributed by atoms with Gasteiger partial charge in [0.1, 0.15) is 0 Å². The first-order chi connectivity index (χ1) is 13.7. The fraction of sp³-hybridized carbons (Fsp3) is 1.00. The van der Waals surface area contributed by atoms with Gasteiger partial charge < -0.3 is 10.6 Å². The Bertz CT molecular complexity index is 351. The third kappa shape index (κ3) is 11.9. The predicted molar refractivity (Wildman–Crippen MR) is 146 cm³/mol. The SMILES string of the molecule is CCC1(CCNCCSSCCNCCC2(CC)CCCCC2)CCCCC1.Cl.Cl. The van der Waals surface area contributed by atoms with Crippen molar-refractivity contribution in [1.82, 2.24) is 10.6 Å². The lowest BCUT2D eigenvalue weighted by atomic mass is 9.70. The molecule has 0 aliphatic heterocycles. The van der Waals surface area contributed by atoms with Crippen molar-refractivity contribution in [3.8, 4) is 0 Å². The summed E-state index contributed by atoms with van der Waals surface area (Å²) in [5, 5.41) is 7.40. The van der Waals surface area contributed by atoms with Crippen LogP contribution >= 0.6 is 46.4 Å². The van der Waals surface area contributed by atoms with Crippen molar-refractivity contribution in [2.24, 2.45) is 10.8 Å². The maximum Gasteiger partial charge on any atom is 0.0162 e. The predicted octanol–water partition coefficient (Wildman–Crippen LogP) is 7.89. The van der Waals surface area contributed by atoms with Crippen molar-refractivity contribution in [1.29, 1.82) is 0 Å². The van der Waals surface area contributed by atoms with Crippen LogP contribution in [0.2, 0.25) is 0 Å². The Hall–Kier alpha value is 1.20. The van der Waals surface area contributed by atoms with Gasteiger partial charge in [-0.15, -0.1) is 24.8 Å². The molecule has 2 saturated carbocycles. The highest BCUT2D eigenvalue weighted by Crippen LogP contribution is 2.42. The Balaban J connectivity index is 0.00000420. The fourth-order valence-electron chi connectivity index (χ4n) is 5.47. The van der Waals surface area contributed by atoms with Crippen molar-refractivity contribution in [2.45, 2.75) is 104 Å². The first kappa shape index (κ1) is 31.2. The molecule has 0 spiro atoms. The summed E-state index contributed by atoms with van der Waals surface area (Å²) in [6.45, 7) is 9.60. The van der Waals surface area contributed by atoms with Crippen molar-refractivity contribution in [2.75, 3.05) is 37.7 Å². The van der Waals surface area contributed by atoms with Gasteiger partial charge in [0.15, 0.2) is 0 Å². The summed E-state index contributed by atoms with van der Waals surface area (Å²) < 4.78 is 0. The molecule has 2 aliphatic carbocycles. The second-order valence-corrected chi connectivity index (χ2v) is 12.2. The Morgan fingerprint density at radius 3 is 1.27 bits per heavy atom. The van der Waals surface area contributed by atoms with Crippen LogP contribution in [0.3, 0.4) is 0 Å². The van der Waals surface area contributed by atoms with E-state index in [1.165, 1.54) is 128 Å². The van der Waals surface area contributed by atoms with E-state index in [0.29, 0.717) is 10.8 Å². The highest BCUT2D eigenvalue weighted by Gasteiger charge is 2.30. The quantitative estimate of drug-likeness (QED) is 0.176. The number of hydrogen-bond donors (Lipinski definition) is 2. The maximum atomic E-state index is 3.70. The third-order valence-electron chi connectivity index (χ3n) is 7.80. The summed E-state index contributed by atoms with van der Waals surface area (Å²) in [6, 6.07) is 0. The molecular formula is C24H50Cl2N2S2. The lowest BCUT2D eigenvalue weighted by Crippen LogP contribution is -2.29. The summed E-state index contributed by atoms with van der Waals surface area (Å²) in [6.07, 6.45) is 20.2. The van der Waals surface area contributed by atoms with Gasteiger partial charge in [-0.25, -0.2) is 0 Å². The molecule has 0 aromatic carbocycles. The van der Waals surface area contributed by atoms with Gasteiger partial charge in [0.05, 0.1) is 0 Å². The summed E-state index contributed by atoms with van der Waals surface area (Å²) in [4.78, 5) is 0. The Labute approximate surface area is 208 Å². The molecule has 2 nitrogen and oxygen atoms in total. The van der Waals surface area contributed by atoms with Crippen LogP contribution in [0, 0.1) is 10.8 Å². The van der Waals surface area contributed by atoms with Crippen LogP contribution in [-0.2, 0) is 0 Å². The third-order valence-corrected chi connectivity index (χ3v) is 10.2. The van der Waals surface area contributed by atoms with E-state index in [0.717, 1.165) is 0 Å². The van der Waals surface area contributed by atoms with Gasteiger partial charge >= 0.3 is 0 Å². The Morgan fingerprint density at radius 1 is 0.567 bits per heavy atom. The Kier molecular flexibility index (Phi) is 19.4. The van der Waals surface area contributed by atoms with Crippen molar-refractivity contribution in [3.05, 3.63) is 0 Å². The van der Waals surface area contributed by atoms with Crippen LogP contribution in [0.1, 0.15) is 104 Å². The molecular weight excluding hydrogens is 451 g/mol. The highest BCUT2D eigenvalue weighted by molar-refractivity contribution is 8.76. The average molecular weight is 502 g/mol. The van der Waals surface area contributed by atoms with E-state index >= 15 is 0 Å². The number of hydrogen-bond acceptors (Lipinski definition) is 4. The molecule has 0 aromatic rings. The largest absolute Gasteiger partial charge is 0.316 e. The molecule has 0 heterocycles. The molecule has 0 radical (unpaired) electrons. The molecule has 30 heavy (non-hydrogen) atoms. The molecule has 2 rings (SSSR count). The molecule has 0 aromatic heterocycles. The van der Waals surface area contributed by atoms with E-state index in [4.69, 9.17) is 0 Å². The smallest absolute Gasteiger partial charge is 0.0162 e.